The van der Waals surface area contributed by atoms with Crippen LogP contribution in [0.5, 0.6) is 0 Å². The van der Waals surface area contributed by atoms with Gasteiger partial charge in [-0.15, -0.1) is 23.1 Å². The number of nitrogens with one attached hydrogen (secondary N) is 1. The molecule has 2 aromatic rings. The van der Waals surface area contributed by atoms with E-state index in [9.17, 15) is 9.18 Å². The molecule has 0 aliphatic heterocycles. The Morgan fingerprint density at radius 3 is 2.75 bits per heavy atom. The number of amides is 1. The number of halogens is 1. The van der Waals surface area contributed by atoms with Crippen molar-refractivity contribution in [2.75, 3.05) is 17.3 Å². The minimum Gasteiger partial charge on any atom is -0.396 e. The van der Waals surface area contributed by atoms with Crippen molar-refractivity contribution in [3.05, 3.63) is 40.5 Å². The number of carbonyl (C=O) groups excluding carboxylic acids is 1. The zero-order valence-electron chi connectivity index (χ0n) is 10.8. The van der Waals surface area contributed by atoms with Crippen molar-refractivity contribution in [2.45, 2.75) is 11.4 Å². The summed E-state index contributed by atoms with van der Waals surface area (Å²) in [6.07, 6.45) is 1.86. The van der Waals surface area contributed by atoms with E-state index in [-0.39, 0.29) is 5.82 Å². The highest BCUT2D eigenvalue weighted by molar-refractivity contribution is 7.99. The number of anilines is 2. The second kappa shape index (κ2) is 6.15. The quantitative estimate of drug-likeness (QED) is 0.742. The van der Waals surface area contributed by atoms with E-state index in [1.807, 2.05) is 6.26 Å². The van der Waals surface area contributed by atoms with Crippen molar-refractivity contribution in [1.29, 1.82) is 0 Å². The third-order valence-corrected chi connectivity index (χ3v) is 4.86. The molecule has 4 nitrogen and oxygen atoms in total. The third kappa shape index (κ3) is 2.88. The van der Waals surface area contributed by atoms with Gasteiger partial charge in [0.15, 0.2) is 0 Å². The fraction of sp³-hybridized carbons (Fsp3) is 0.154. The zero-order valence-corrected chi connectivity index (χ0v) is 12.4. The largest absolute Gasteiger partial charge is 0.396 e. The van der Waals surface area contributed by atoms with Crippen molar-refractivity contribution in [3.63, 3.8) is 0 Å². The van der Waals surface area contributed by atoms with Crippen LogP contribution in [0, 0.1) is 5.82 Å². The summed E-state index contributed by atoms with van der Waals surface area (Å²) in [5.41, 5.74) is 12.1. The summed E-state index contributed by atoms with van der Waals surface area (Å²) >= 11 is 2.61. The Hall–Kier alpha value is -1.73. The maximum atomic E-state index is 13.5. The lowest BCUT2D eigenvalue weighted by Gasteiger charge is -2.07. The standard InChI is InChI=1S/C13H14FN3OS2/c1-19-11-9(15)10(12(16)18)20-13(11)17-6-7-4-2-3-5-8(7)14/h2-5,17H,6,15H2,1H3,(H2,16,18). The molecule has 0 aliphatic rings. The van der Waals surface area contributed by atoms with Gasteiger partial charge in [0.25, 0.3) is 5.91 Å². The minimum atomic E-state index is -0.554. The number of primary amides is 1. The van der Waals surface area contributed by atoms with Crippen LogP contribution >= 0.6 is 23.1 Å². The summed E-state index contributed by atoms with van der Waals surface area (Å²) in [4.78, 5) is 12.4. The molecule has 0 atom stereocenters. The van der Waals surface area contributed by atoms with Gasteiger partial charge in [0.05, 0.1) is 10.6 Å². The van der Waals surface area contributed by atoms with Crippen LogP contribution in [0.1, 0.15) is 15.2 Å². The second-order valence-corrected chi connectivity index (χ2v) is 5.85. The van der Waals surface area contributed by atoms with Crippen LogP contribution < -0.4 is 16.8 Å². The molecular formula is C13H14FN3OS2. The predicted octanol–water partition coefficient (Wildman–Crippen LogP) is 2.90. The van der Waals surface area contributed by atoms with Crippen molar-refractivity contribution >= 4 is 39.7 Å². The first-order chi connectivity index (χ1) is 9.54. The van der Waals surface area contributed by atoms with Gasteiger partial charge >= 0.3 is 0 Å². The number of thioether (sulfide) groups is 1. The molecule has 2 rings (SSSR count). The molecule has 0 fully saturated rings. The number of benzene rings is 1. The van der Waals surface area contributed by atoms with Crippen LogP contribution in [-0.2, 0) is 6.54 Å². The number of nitrogens with two attached hydrogens (primary N) is 2. The highest BCUT2D eigenvalue weighted by atomic mass is 32.2. The van der Waals surface area contributed by atoms with Crippen molar-refractivity contribution in [3.8, 4) is 0 Å². The summed E-state index contributed by atoms with van der Waals surface area (Å²) < 4.78 is 13.5. The van der Waals surface area contributed by atoms with Crippen LogP contribution in [0.4, 0.5) is 15.1 Å². The number of hydrogen-bond donors (Lipinski definition) is 3. The van der Waals surface area contributed by atoms with Gasteiger partial charge < -0.3 is 16.8 Å². The topological polar surface area (TPSA) is 81.1 Å². The van der Waals surface area contributed by atoms with E-state index in [0.29, 0.717) is 22.7 Å². The Labute approximate surface area is 124 Å². The molecule has 0 saturated carbocycles. The average molecular weight is 311 g/mol. The lowest BCUT2D eigenvalue weighted by Crippen LogP contribution is -2.10. The molecule has 0 spiro atoms. The highest BCUT2D eigenvalue weighted by Crippen LogP contribution is 2.41. The molecule has 1 aromatic heterocycles. The lowest BCUT2D eigenvalue weighted by molar-refractivity contribution is 0.100. The van der Waals surface area contributed by atoms with Gasteiger partial charge in [-0.1, -0.05) is 18.2 Å². The summed E-state index contributed by atoms with van der Waals surface area (Å²) in [6.45, 7) is 0.318. The highest BCUT2D eigenvalue weighted by Gasteiger charge is 2.18. The first kappa shape index (κ1) is 14.7. The molecule has 0 aliphatic carbocycles. The molecule has 0 radical (unpaired) electrons. The smallest absolute Gasteiger partial charge is 0.261 e. The number of carbonyl (C=O) groups is 1. The van der Waals surface area contributed by atoms with E-state index < -0.39 is 5.91 Å². The SMILES string of the molecule is CSc1c(NCc2ccccc2F)sc(C(N)=O)c1N. The molecule has 20 heavy (non-hydrogen) atoms. The number of hydrogen-bond acceptors (Lipinski definition) is 5. The molecular weight excluding hydrogens is 297 g/mol. The molecule has 7 heteroatoms. The second-order valence-electron chi connectivity index (χ2n) is 4.02. The van der Waals surface area contributed by atoms with E-state index in [1.165, 1.54) is 29.2 Å². The summed E-state index contributed by atoms with van der Waals surface area (Å²) in [5, 5.41) is 3.84. The Morgan fingerprint density at radius 2 is 2.15 bits per heavy atom. The number of nitrogen functional groups attached to an aromatic ring is 1. The van der Waals surface area contributed by atoms with Crippen molar-refractivity contribution < 1.29 is 9.18 Å². The number of rotatable bonds is 5. The van der Waals surface area contributed by atoms with Crippen LogP contribution in [0.2, 0.25) is 0 Å². The van der Waals surface area contributed by atoms with Gasteiger partial charge in [-0.2, -0.15) is 0 Å². The van der Waals surface area contributed by atoms with Crippen LogP contribution in [-0.4, -0.2) is 12.2 Å². The molecule has 106 valence electrons. The molecule has 1 aromatic carbocycles. The Kier molecular flexibility index (Phi) is 4.51. The Balaban J connectivity index is 2.24. The zero-order chi connectivity index (χ0) is 14.7. The fourth-order valence-electron chi connectivity index (χ4n) is 1.75. The monoisotopic (exact) mass is 311 g/mol. The van der Waals surface area contributed by atoms with Crippen LogP contribution in [0.3, 0.4) is 0 Å². The first-order valence-electron chi connectivity index (χ1n) is 5.78. The van der Waals surface area contributed by atoms with E-state index >= 15 is 0 Å². The maximum absolute atomic E-state index is 13.5. The van der Waals surface area contributed by atoms with Crippen LogP contribution in [0.25, 0.3) is 0 Å². The molecule has 1 amide bonds. The molecule has 5 N–H and O–H groups in total. The van der Waals surface area contributed by atoms with Crippen molar-refractivity contribution in [1.82, 2.24) is 0 Å². The van der Waals surface area contributed by atoms with Crippen LogP contribution in [0.15, 0.2) is 29.2 Å². The third-order valence-electron chi connectivity index (χ3n) is 2.72. The van der Waals surface area contributed by atoms with E-state index in [2.05, 4.69) is 5.32 Å². The normalized spacial score (nSPS) is 10.5. The van der Waals surface area contributed by atoms with Gasteiger partial charge in [-0.25, -0.2) is 4.39 Å². The van der Waals surface area contributed by atoms with E-state index in [0.717, 1.165) is 9.90 Å². The summed E-state index contributed by atoms with van der Waals surface area (Å²) in [7, 11) is 0. The fourth-order valence-corrected chi connectivity index (χ4v) is 3.63. The summed E-state index contributed by atoms with van der Waals surface area (Å²) in [6, 6.07) is 6.52. The van der Waals surface area contributed by atoms with Gasteiger partial charge in [0.1, 0.15) is 15.7 Å². The Morgan fingerprint density at radius 1 is 1.45 bits per heavy atom. The number of thiophene rings is 1. The van der Waals surface area contributed by atoms with Gasteiger partial charge in [0, 0.05) is 12.1 Å². The van der Waals surface area contributed by atoms with E-state index in [4.69, 9.17) is 11.5 Å². The molecule has 1 heterocycles. The van der Waals surface area contributed by atoms with Crippen molar-refractivity contribution in [2.24, 2.45) is 5.73 Å². The molecule has 0 saturated heterocycles. The lowest BCUT2D eigenvalue weighted by atomic mass is 10.2. The van der Waals surface area contributed by atoms with Gasteiger partial charge in [0.2, 0.25) is 0 Å². The first-order valence-corrected chi connectivity index (χ1v) is 7.82. The van der Waals surface area contributed by atoms with Gasteiger partial charge in [-0.05, 0) is 12.3 Å². The average Bonchev–Trinajstić information content (AvgIpc) is 2.74. The minimum absolute atomic E-state index is 0.273. The van der Waals surface area contributed by atoms with Gasteiger partial charge in [-0.3, -0.25) is 4.79 Å². The molecule has 0 unspecified atom stereocenters. The molecule has 0 bridgehead atoms. The maximum Gasteiger partial charge on any atom is 0.261 e. The summed E-state index contributed by atoms with van der Waals surface area (Å²) in [5.74, 6) is -0.827. The predicted molar refractivity (Wildman–Crippen MR) is 82.8 cm³/mol. The Bertz CT molecular complexity index is 643. The van der Waals surface area contributed by atoms with E-state index in [1.54, 1.807) is 18.2 Å².